The van der Waals surface area contributed by atoms with Crippen LogP contribution in [0.3, 0.4) is 0 Å². The topological polar surface area (TPSA) is 108 Å². The van der Waals surface area contributed by atoms with E-state index in [4.69, 9.17) is 9.05 Å². The molecule has 1 amide bonds. The lowest BCUT2D eigenvalue weighted by molar-refractivity contribution is -0.870. The summed E-state index contributed by atoms with van der Waals surface area (Å²) in [5, 5.41) is 13.7. The highest BCUT2D eigenvalue weighted by atomic mass is 31.2. The summed E-state index contributed by atoms with van der Waals surface area (Å²) >= 11 is 0. The Labute approximate surface area is 404 Å². The van der Waals surface area contributed by atoms with Crippen molar-refractivity contribution in [3.8, 4) is 0 Å². The van der Waals surface area contributed by atoms with Gasteiger partial charge in [0.15, 0.2) is 0 Å². The minimum absolute atomic E-state index is 0.0125. The van der Waals surface area contributed by atoms with E-state index in [-0.39, 0.29) is 19.1 Å². The van der Waals surface area contributed by atoms with Gasteiger partial charge in [-0.25, -0.2) is 0 Å². The van der Waals surface area contributed by atoms with Gasteiger partial charge in [0.05, 0.1) is 39.9 Å². The highest BCUT2D eigenvalue weighted by molar-refractivity contribution is 7.45. The number of nitrogens with zero attached hydrogens (tertiary/aromatic N) is 1. The van der Waals surface area contributed by atoms with E-state index in [1.807, 2.05) is 21.1 Å². The number of phosphoric acid groups is 1. The van der Waals surface area contributed by atoms with Gasteiger partial charge in [0, 0.05) is 6.42 Å². The fraction of sp³-hybridized carbons (Fsp3) is 0.875. The second-order valence-electron chi connectivity index (χ2n) is 20.3. The van der Waals surface area contributed by atoms with Gasteiger partial charge in [0.25, 0.3) is 7.82 Å². The van der Waals surface area contributed by atoms with Crippen molar-refractivity contribution in [2.75, 3.05) is 40.9 Å². The Bertz CT molecular complexity index is 1150. The van der Waals surface area contributed by atoms with E-state index in [2.05, 4.69) is 55.6 Å². The van der Waals surface area contributed by atoms with Gasteiger partial charge in [-0.2, -0.15) is 0 Å². The molecular weight excluding hydrogens is 828 g/mol. The summed E-state index contributed by atoms with van der Waals surface area (Å²) in [5.74, 6) is -0.170. The zero-order chi connectivity index (χ0) is 47.8. The minimum atomic E-state index is -4.54. The molecule has 0 aromatic rings. The van der Waals surface area contributed by atoms with E-state index in [0.29, 0.717) is 23.9 Å². The van der Waals surface area contributed by atoms with Crippen molar-refractivity contribution in [3.05, 3.63) is 36.5 Å². The molecule has 0 aliphatic rings. The standard InChI is InChI=1S/C56H109N2O6P/c1-6-8-10-12-13-14-15-16-17-18-19-20-21-22-23-24-25-26-27-28-29-30-31-32-33-34-35-36-37-38-39-40-41-42-43-44-45-46-48-50-56(60)57-54(55(59)49-47-11-9-7-2)53-64-65(61,62)63-52-51-58(3,4)5/h15-16,18-19,21-22,54-55,59H,6-14,17,20,23-53H2,1-5H3,(H-,57,60,61,62)/b16-15-,19-18-,22-21-. The Kier molecular flexibility index (Phi) is 46.8. The molecule has 384 valence electrons. The molecule has 0 spiro atoms. The van der Waals surface area contributed by atoms with E-state index in [9.17, 15) is 19.4 Å². The first-order valence-corrected chi connectivity index (χ1v) is 29.3. The number of nitrogens with one attached hydrogen (secondary N) is 1. The average molecular weight is 937 g/mol. The summed E-state index contributed by atoms with van der Waals surface area (Å²) in [5.41, 5.74) is 0. The largest absolute Gasteiger partial charge is 0.756 e. The number of carbonyl (C=O) groups is 1. The lowest BCUT2D eigenvalue weighted by Crippen LogP contribution is -2.46. The maximum Gasteiger partial charge on any atom is 0.268 e. The van der Waals surface area contributed by atoms with Gasteiger partial charge >= 0.3 is 0 Å². The van der Waals surface area contributed by atoms with Gasteiger partial charge in [0.1, 0.15) is 13.2 Å². The fourth-order valence-corrected chi connectivity index (χ4v) is 8.95. The molecule has 0 rings (SSSR count). The van der Waals surface area contributed by atoms with Crippen molar-refractivity contribution in [3.63, 3.8) is 0 Å². The van der Waals surface area contributed by atoms with Gasteiger partial charge in [-0.15, -0.1) is 0 Å². The predicted molar refractivity (Wildman–Crippen MR) is 279 cm³/mol. The number of quaternary nitrogens is 1. The van der Waals surface area contributed by atoms with Crippen LogP contribution in [-0.2, 0) is 18.4 Å². The van der Waals surface area contributed by atoms with Crippen molar-refractivity contribution < 1.29 is 32.9 Å². The summed E-state index contributed by atoms with van der Waals surface area (Å²) < 4.78 is 23.1. The smallest absolute Gasteiger partial charge is 0.268 e. The lowest BCUT2D eigenvalue weighted by Gasteiger charge is -2.30. The number of hydrogen-bond acceptors (Lipinski definition) is 6. The van der Waals surface area contributed by atoms with Crippen LogP contribution >= 0.6 is 7.82 Å². The second kappa shape index (κ2) is 47.8. The van der Waals surface area contributed by atoms with Gasteiger partial charge in [0.2, 0.25) is 5.91 Å². The quantitative estimate of drug-likeness (QED) is 0.0272. The van der Waals surface area contributed by atoms with Crippen molar-refractivity contribution in [1.29, 1.82) is 0 Å². The number of unbranched alkanes of at least 4 members (excludes halogenated alkanes) is 32. The molecule has 0 aromatic carbocycles. The number of aliphatic hydroxyl groups is 1. The van der Waals surface area contributed by atoms with Crippen molar-refractivity contribution in [2.24, 2.45) is 0 Å². The summed E-state index contributed by atoms with van der Waals surface area (Å²) in [4.78, 5) is 25.1. The van der Waals surface area contributed by atoms with E-state index < -0.39 is 20.0 Å². The van der Waals surface area contributed by atoms with Crippen molar-refractivity contribution >= 4 is 13.7 Å². The van der Waals surface area contributed by atoms with Crippen LogP contribution in [-0.4, -0.2) is 68.5 Å². The third-order valence-electron chi connectivity index (χ3n) is 12.6. The third-order valence-corrected chi connectivity index (χ3v) is 13.6. The Hall–Kier alpha value is -1.28. The predicted octanol–water partition coefficient (Wildman–Crippen LogP) is 16.0. The average Bonchev–Trinajstić information content (AvgIpc) is 3.26. The highest BCUT2D eigenvalue weighted by Crippen LogP contribution is 2.38. The molecule has 0 radical (unpaired) electrons. The molecule has 0 aromatic heterocycles. The van der Waals surface area contributed by atoms with Crippen molar-refractivity contribution in [1.82, 2.24) is 5.32 Å². The summed E-state index contributed by atoms with van der Waals surface area (Å²) in [6, 6.07) is -0.793. The number of likely N-dealkylation sites (N-methyl/N-ethyl adjacent to an activating group) is 1. The molecule has 0 aliphatic carbocycles. The molecule has 3 atom stereocenters. The molecule has 9 heteroatoms. The molecule has 0 bridgehead atoms. The number of allylic oxidation sites excluding steroid dienone is 6. The van der Waals surface area contributed by atoms with Crippen LogP contribution in [0.4, 0.5) is 0 Å². The van der Waals surface area contributed by atoms with Crippen LogP contribution < -0.4 is 10.2 Å². The van der Waals surface area contributed by atoms with Crippen LogP contribution in [0, 0.1) is 0 Å². The fourth-order valence-electron chi connectivity index (χ4n) is 8.22. The normalized spacial score (nSPS) is 14.3. The van der Waals surface area contributed by atoms with E-state index in [0.717, 1.165) is 57.8 Å². The maximum absolute atomic E-state index is 12.8. The monoisotopic (exact) mass is 937 g/mol. The summed E-state index contributed by atoms with van der Waals surface area (Å²) in [6.07, 6.45) is 61.4. The van der Waals surface area contributed by atoms with E-state index in [1.165, 1.54) is 180 Å². The Morgan fingerprint density at radius 2 is 0.892 bits per heavy atom. The van der Waals surface area contributed by atoms with Crippen LogP contribution in [0.15, 0.2) is 36.5 Å². The van der Waals surface area contributed by atoms with Crippen LogP contribution in [0.25, 0.3) is 0 Å². The number of hydrogen-bond donors (Lipinski definition) is 2. The maximum atomic E-state index is 12.8. The molecule has 3 unspecified atom stereocenters. The lowest BCUT2D eigenvalue weighted by atomic mass is 10.0. The zero-order valence-electron chi connectivity index (χ0n) is 43.7. The molecule has 0 saturated heterocycles. The molecule has 2 N–H and O–H groups in total. The number of rotatable bonds is 51. The van der Waals surface area contributed by atoms with Crippen LogP contribution in [0.1, 0.15) is 264 Å². The third kappa shape index (κ3) is 50.4. The Morgan fingerprint density at radius 1 is 0.538 bits per heavy atom. The molecule has 0 heterocycles. The zero-order valence-corrected chi connectivity index (χ0v) is 44.6. The first-order chi connectivity index (χ1) is 31.5. The summed E-state index contributed by atoms with van der Waals surface area (Å²) in [7, 11) is 1.31. The number of aliphatic hydroxyl groups excluding tert-OH is 1. The highest BCUT2D eigenvalue weighted by Gasteiger charge is 2.24. The van der Waals surface area contributed by atoms with Crippen LogP contribution in [0.5, 0.6) is 0 Å². The molecule has 65 heavy (non-hydrogen) atoms. The molecule has 8 nitrogen and oxygen atoms in total. The number of carbonyl (C=O) groups excluding carboxylic acids is 1. The molecule has 0 fully saturated rings. The van der Waals surface area contributed by atoms with Crippen molar-refractivity contribution in [2.45, 2.75) is 276 Å². The number of phosphoric ester groups is 1. The Morgan fingerprint density at radius 3 is 1.29 bits per heavy atom. The van der Waals surface area contributed by atoms with Crippen LogP contribution in [0.2, 0.25) is 0 Å². The second-order valence-corrected chi connectivity index (χ2v) is 21.7. The SMILES string of the molecule is CCCCCCC/C=C\C/C=C\C/C=C\CCCCCCCCCCCCCCCCCCCCCCCCCCC(=O)NC(COP(=O)([O-])OCC[N+](C)(C)C)C(O)CCCCCC. The van der Waals surface area contributed by atoms with E-state index >= 15 is 0 Å². The first-order valence-electron chi connectivity index (χ1n) is 27.8. The van der Waals surface area contributed by atoms with Gasteiger partial charge in [-0.05, 0) is 51.4 Å². The van der Waals surface area contributed by atoms with Gasteiger partial charge < -0.3 is 28.8 Å². The first kappa shape index (κ1) is 63.7. The molecule has 0 aliphatic heterocycles. The minimum Gasteiger partial charge on any atom is -0.756 e. The van der Waals surface area contributed by atoms with Gasteiger partial charge in [-0.1, -0.05) is 243 Å². The van der Waals surface area contributed by atoms with E-state index in [1.54, 1.807) is 0 Å². The number of amides is 1. The Balaban J connectivity index is 3.64. The van der Waals surface area contributed by atoms with Gasteiger partial charge in [-0.3, -0.25) is 9.36 Å². The summed E-state index contributed by atoms with van der Waals surface area (Å²) in [6.45, 7) is 4.59. The molecule has 0 saturated carbocycles. The molecular formula is C56H109N2O6P.